The van der Waals surface area contributed by atoms with Crippen molar-refractivity contribution in [1.82, 2.24) is 9.97 Å². The van der Waals surface area contributed by atoms with Crippen molar-refractivity contribution in [3.8, 4) is 22.9 Å². The van der Waals surface area contributed by atoms with Crippen LogP contribution in [0.2, 0.25) is 0 Å². The van der Waals surface area contributed by atoms with Crippen molar-refractivity contribution in [2.75, 3.05) is 0 Å². The molecule has 5 nitrogen and oxygen atoms in total. The fourth-order valence-corrected chi connectivity index (χ4v) is 3.37. The molecule has 1 aromatic carbocycles. The molecule has 24 heavy (non-hydrogen) atoms. The van der Waals surface area contributed by atoms with Crippen LogP contribution in [0.4, 0.5) is 0 Å². The summed E-state index contributed by atoms with van der Waals surface area (Å²) in [6, 6.07) is 13.2. The Balaban J connectivity index is 1.86. The number of nitrogens with zero attached hydrogens (tertiary/aromatic N) is 3. The summed E-state index contributed by atoms with van der Waals surface area (Å²) < 4.78 is 6.45. The summed E-state index contributed by atoms with van der Waals surface area (Å²) in [6.45, 7) is 2.05. The van der Waals surface area contributed by atoms with Gasteiger partial charge in [-0.2, -0.15) is 0 Å². The van der Waals surface area contributed by atoms with Gasteiger partial charge in [-0.25, -0.2) is 9.97 Å². The van der Waals surface area contributed by atoms with Crippen molar-refractivity contribution in [2.45, 2.75) is 6.92 Å². The van der Waals surface area contributed by atoms with Gasteiger partial charge >= 0.3 is 5.88 Å². The molecule has 4 aromatic rings. The average Bonchev–Trinajstić information content (AvgIpc) is 3.03. The highest BCUT2D eigenvalue weighted by Gasteiger charge is 2.17. The number of ether oxygens (including phenoxy) is 1. The number of hydrogen-bond acceptors (Lipinski definition) is 5. The van der Waals surface area contributed by atoms with E-state index in [4.69, 9.17) is 4.74 Å². The predicted octanol–water partition coefficient (Wildman–Crippen LogP) is 4.09. The minimum atomic E-state index is 0.179. The van der Waals surface area contributed by atoms with Crippen molar-refractivity contribution in [3.63, 3.8) is 0 Å². The quantitative estimate of drug-likeness (QED) is 0.418. The molecule has 118 valence electrons. The third-order valence-electron chi connectivity index (χ3n) is 3.69. The van der Waals surface area contributed by atoms with Crippen molar-refractivity contribution in [3.05, 3.63) is 71.1 Å². The van der Waals surface area contributed by atoms with Crippen molar-refractivity contribution < 1.29 is 9.47 Å². The minimum absolute atomic E-state index is 0.179. The summed E-state index contributed by atoms with van der Waals surface area (Å²) in [5.41, 5.74) is 3.26. The van der Waals surface area contributed by atoms with Gasteiger partial charge in [0.2, 0.25) is 5.88 Å². The second-order valence-corrected chi connectivity index (χ2v) is 6.20. The zero-order chi connectivity index (χ0) is 16.5. The molecule has 0 aliphatic rings. The van der Waals surface area contributed by atoms with Crippen LogP contribution in [0, 0.1) is 12.1 Å². The number of pyridine rings is 1. The number of rotatable bonds is 3. The van der Waals surface area contributed by atoms with Gasteiger partial charge in [0.15, 0.2) is 6.20 Å². The number of aromatic nitrogens is 3. The first-order valence-corrected chi connectivity index (χ1v) is 8.25. The Labute approximate surface area is 142 Å². The third-order valence-corrected chi connectivity index (χ3v) is 4.57. The van der Waals surface area contributed by atoms with Gasteiger partial charge in [0.25, 0.3) is 0 Å². The maximum absolute atomic E-state index is 11.8. The van der Waals surface area contributed by atoms with Crippen LogP contribution in [-0.2, 0) is 0 Å². The van der Waals surface area contributed by atoms with E-state index in [0.29, 0.717) is 10.6 Å². The van der Waals surface area contributed by atoms with Crippen LogP contribution >= 0.6 is 11.3 Å². The van der Waals surface area contributed by atoms with E-state index in [-0.39, 0.29) is 5.88 Å². The van der Waals surface area contributed by atoms with Gasteiger partial charge in [-0.05, 0) is 18.6 Å². The Hall–Kier alpha value is -2.99. The van der Waals surface area contributed by atoms with Crippen molar-refractivity contribution in [1.29, 1.82) is 0 Å². The number of hydrogen-bond donors (Lipinski definition) is 0. The molecular formula is C18H13N3O2S. The van der Waals surface area contributed by atoms with E-state index in [2.05, 4.69) is 41.2 Å². The van der Waals surface area contributed by atoms with Crippen LogP contribution in [0.15, 0.2) is 60.4 Å². The Morgan fingerprint density at radius 2 is 1.92 bits per heavy atom. The van der Waals surface area contributed by atoms with Gasteiger partial charge in [-0.3, -0.25) is 0 Å². The summed E-state index contributed by atoms with van der Waals surface area (Å²) in [5.74, 6) is 0.561. The molecule has 0 radical (unpaired) electrons. The van der Waals surface area contributed by atoms with Crippen LogP contribution < -0.4 is 9.47 Å². The van der Waals surface area contributed by atoms with E-state index < -0.39 is 0 Å². The molecule has 0 unspecified atom stereocenters. The second kappa shape index (κ2) is 5.90. The van der Waals surface area contributed by atoms with Gasteiger partial charge in [0, 0.05) is 17.0 Å². The van der Waals surface area contributed by atoms with E-state index in [1.54, 1.807) is 18.2 Å². The SMILES string of the molecule is Cc1ccc(-c2csc3ncnc(Oc4cccc[n+]4[O-])c23)cc1. The van der Waals surface area contributed by atoms with Crippen LogP contribution in [0.5, 0.6) is 11.8 Å². The highest BCUT2D eigenvalue weighted by molar-refractivity contribution is 7.17. The highest BCUT2D eigenvalue weighted by atomic mass is 32.1. The van der Waals surface area contributed by atoms with Crippen molar-refractivity contribution in [2.24, 2.45) is 0 Å². The van der Waals surface area contributed by atoms with Crippen LogP contribution in [0.3, 0.4) is 0 Å². The standard InChI is InChI=1S/C18H13N3O2S/c1-12-5-7-13(8-6-12)14-10-24-18-16(14)17(19-11-20-18)23-15-4-2-3-9-21(15)22/h2-11H,1H3. The third kappa shape index (κ3) is 2.57. The molecule has 3 heterocycles. The van der Waals surface area contributed by atoms with Gasteiger partial charge in [-0.1, -0.05) is 29.8 Å². The molecule has 0 atom stereocenters. The molecule has 0 aliphatic heterocycles. The smallest absolute Gasteiger partial charge is 0.386 e. The van der Waals surface area contributed by atoms with E-state index in [9.17, 15) is 5.21 Å². The lowest BCUT2D eigenvalue weighted by Gasteiger charge is -2.07. The largest absolute Gasteiger partial charge is 0.616 e. The topological polar surface area (TPSA) is 62.0 Å². The molecule has 0 N–H and O–H groups in total. The molecule has 0 amide bonds. The zero-order valence-electron chi connectivity index (χ0n) is 12.8. The van der Waals surface area contributed by atoms with Gasteiger partial charge in [-0.15, -0.1) is 16.1 Å². The number of thiophene rings is 1. The first-order chi connectivity index (χ1) is 11.7. The zero-order valence-corrected chi connectivity index (χ0v) is 13.7. The van der Waals surface area contributed by atoms with E-state index in [1.165, 1.54) is 29.4 Å². The number of aryl methyl sites for hydroxylation is 1. The highest BCUT2D eigenvalue weighted by Crippen LogP contribution is 2.38. The molecule has 0 saturated heterocycles. The van der Waals surface area contributed by atoms with Gasteiger partial charge < -0.3 is 9.94 Å². The van der Waals surface area contributed by atoms with E-state index in [1.807, 2.05) is 5.38 Å². The summed E-state index contributed by atoms with van der Waals surface area (Å²) in [6.07, 6.45) is 2.84. The Bertz CT molecular complexity index is 1010. The second-order valence-electron chi connectivity index (χ2n) is 5.34. The normalized spacial score (nSPS) is 10.9. The fourth-order valence-electron chi connectivity index (χ4n) is 2.46. The number of fused-ring (bicyclic) bond motifs is 1. The molecule has 6 heteroatoms. The minimum Gasteiger partial charge on any atom is -0.616 e. The molecular weight excluding hydrogens is 322 g/mol. The molecule has 0 fully saturated rings. The average molecular weight is 335 g/mol. The lowest BCUT2D eigenvalue weighted by Crippen LogP contribution is -2.26. The maximum Gasteiger partial charge on any atom is 0.386 e. The summed E-state index contributed by atoms with van der Waals surface area (Å²) in [4.78, 5) is 9.38. The van der Waals surface area contributed by atoms with Gasteiger partial charge in [0.05, 0.1) is 11.5 Å². The molecule has 0 bridgehead atoms. The van der Waals surface area contributed by atoms with Crippen LogP contribution in [-0.4, -0.2) is 9.97 Å². The number of benzene rings is 1. The predicted molar refractivity (Wildman–Crippen MR) is 93.1 cm³/mol. The first-order valence-electron chi connectivity index (χ1n) is 7.37. The summed E-state index contributed by atoms with van der Waals surface area (Å²) in [5, 5.41) is 14.7. The lowest BCUT2D eigenvalue weighted by molar-refractivity contribution is -0.611. The van der Waals surface area contributed by atoms with Crippen LogP contribution in [0.25, 0.3) is 21.3 Å². The maximum atomic E-state index is 11.8. The Morgan fingerprint density at radius 1 is 1.08 bits per heavy atom. The molecule has 4 rings (SSSR count). The molecule has 0 saturated carbocycles. The molecule has 0 aliphatic carbocycles. The summed E-state index contributed by atoms with van der Waals surface area (Å²) >= 11 is 1.53. The Morgan fingerprint density at radius 3 is 2.71 bits per heavy atom. The fraction of sp³-hybridized carbons (Fsp3) is 0.0556. The Kier molecular flexibility index (Phi) is 3.59. The first kappa shape index (κ1) is 14.6. The lowest BCUT2D eigenvalue weighted by atomic mass is 10.0. The van der Waals surface area contributed by atoms with E-state index in [0.717, 1.165) is 21.3 Å². The summed E-state index contributed by atoms with van der Waals surface area (Å²) in [7, 11) is 0. The van der Waals surface area contributed by atoms with Crippen LogP contribution in [0.1, 0.15) is 5.56 Å². The van der Waals surface area contributed by atoms with Crippen molar-refractivity contribution >= 4 is 21.6 Å². The van der Waals surface area contributed by atoms with Gasteiger partial charge in [0.1, 0.15) is 11.2 Å². The van der Waals surface area contributed by atoms with E-state index >= 15 is 0 Å². The molecule has 3 aromatic heterocycles. The monoisotopic (exact) mass is 335 g/mol. The molecule has 0 spiro atoms.